The van der Waals surface area contributed by atoms with Crippen molar-refractivity contribution in [2.45, 2.75) is 71.3 Å². The number of hydrogen-bond donors (Lipinski definition) is 3. The Morgan fingerprint density at radius 2 is 1.90 bits per heavy atom. The smallest absolute Gasteiger partial charge is 0.225 e. The molecule has 41 heavy (non-hydrogen) atoms. The second kappa shape index (κ2) is 12.7. The lowest BCUT2D eigenvalue weighted by atomic mass is 9.94. The largest absolute Gasteiger partial charge is 0.390 e. The minimum atomic E-state index is -3.17. The van der Waals surface area contributed by atoms with Crippen molar-refractivity contribution < 1.29 is 14.2 Å². The number of aliphatic imine (C=N–C) groups is 1. The number of aromatic nitrogens is 3. The summed E-state index contributed by atoms with van der Waals surface area (Å²) in [4.78, 5) is 20.8. The number of piperidine rings is 1. The molecule has 1 saturated heterocycles. The first-order chi connectivity index (χ1) is 19.6. The number of nitrogens with zero attached hydrogens (tertiary/aromatic N) is 5. The highest BCUT2D eigenvalue weighted by molar-refractivity contribution is 8.39. The summed E-state index contributed by atoms with van der Waals surface area (Å²) in [5.41, 5.74) is 3.41. The maximum atomic E-state index is 10.7. The zero-order chi connectivity index (χ0) is 29.0. The molecule has 2 aliphatic rings. The highest BCUT2D eigenvalue weighted by Crippen LogP contribution is 2.45. The third-order valence-electron chi connectivity index (χ3n) is 7.55. The molecule has 0 amide bonds. The number of anilines is 1. The Bertz CT molecular complexity index is 1430. The van der Waals surface area contributed by atoms with Gasteiger partial charge in [-0.15, -0.1) is 21.9 Å². The maximum Gasteiger partial charge on any atom is 0.225 e. The van der Waals surface area contributed by atoms with E-state index in [1.807, 2.05) is 18.5 Å². The molecule has 0 saturated carbocycles. The van der Waals surface area contributed by atoms with Crippen LogP contribution in [-0.4, -0.2) is 59.4 Å². The lowest BCUT2D eigenvalue weighted by molar-refractivity contribution is 0.0839. The van der Waals surface area contributed by atoms with Gasteiger partial charge in [0.25, 0.3) is 0 Å². The third kappa shape index (κ3) is 7.81. The second-order valence-electron chi connectivity index (χ2n) is 11.7. The summed E-state index contributed by atoms with van der Waals surface area (Å²) in [5.74, 6) is 1.44. The van der Waals surface area contributed by atoms with Gasteiger partial charge in [0.15, 0.2) is 0 Å². The first-order valence-corrected chi connectivity index (χ1v) is 16.9. The number of benzene rings is 1. The summed E-state index contributed by atoms with van der Waals surface area (Å²) >= 11 is 1.76. The Hall–Kier alpha value is -2.63. The van der Waals surface area contributed by atoms with Gasteiger partial charge in [-0.05, 0) is 86.8 Å². The fourth-order valence-electron chi connectivity index (χ4n) is 5.28. The Morgan fingerprint density at radius 3 is 2.61 bits per heavy atom. The van der Waals surface area contributed by atoms with Crippen LogP contribution in [0.3, 0.4) is 0 Å². The van der Waals surface area contributed by atoms with Gasteiger partial charge in [-0.2, -0.15) is 0 Å². The van der Waals surface area contributed by atoms with Crippen molar-refractivity contribution >= 4 is 48.7 Å². The van der Waals surface area contributed by atoms with Gasteiger partial charge < -0.3 is 10.0 Å². The molecule has 0 spiro atoms. The van der Waals surface area contributed by atoms with Crippen molar-refractivity contribution in [3.8, 4) is 0 Å². The van der Waals surface area contributed by atoms with Crippen molar-refractivity contribution in [2.75, 3.05) is 24.5 Å². The third-order valence-corrected chi connectivity index (χ3v) is 10.0. The Labute approximate surface area is 248 Å². The van der Waals surface area contributed by atoms with Gasteiger partial charge in [0.05, 0.1) is 20.8 Å². The van der Waals surface area contributed by atoms with Crippen LogP contribution in [-0.2, 0) is 12.8 Å². The monoisotopic (exact) mass is 595 g/mol. The van der Waals surface area contributed by atoms with E-state index in [0.717, 1.165) is 78.9 Å². The van der Waals surface area contributed by atoms with Gasteiger partial charge in [-0.1, -0.05) is 25.5 Å². The average molecular weight is 596 g/mol. The zero-order valence-electron chi connectivity index (χ0n) is 24.2. The average Bonchev–Trinajstić information content (AvgIpc) is 3.35. The van der Waals surface area contributed by atoms with Crippen molar-refractivity contribution in [3.63, 3.8) is 0 Å². The number of aliphatic hydroxyl groups is 1. The van der Waals surface area contributed by atoms with Gasteiger partial charge in [0.1, 0.15) is 5.04 Å². The molecule has 1 fully saturated rings. The summed E-state index contributed by atoms with van der Waals surface area (Å²) in [5, 5.41) is 12.8. The molecule has 1 aromatic carbocycles. The van der Waals surface area contributed by atoms with Crippen LogP contribution < -0.4 is 4.90 Å². The van der Waals surface area contributed by atoms with Crippen LogP contribution in [0.25, 0.3) is 15.8 Å². The summed E-state index contributed by atoms with van der Waals surface area (Å²) < 4.78 is 22.6. The predicted molar refractivity (Wildman–Crippen MR) is 172 cm³/mol. The molecule has 10 heteroatoms. The van der Waals surface area contributed by atoms with Crippen molar-refractivity contribution in [3.05, 3.63) is 64.3 Å². The first kappa shape index (κ1) is 29.8. The van der Waals surface area contributed by atoms with E-state index in [1.54, 1.807) is 31.3 Å². The molecule has 0 bridgehead atoms. The van der Waals surface area contributed by atoms with Gasteiger partial charge >= 0.3 is 0 Å². The summed E-state index contributed by atoms with van der Waals surface area (Å²) in [7, 11) is -3.17. The second-order valence-corrected chi connectivity index (χ2v) is 14.7. The summed E-state index contributed by atoms with van der Waals surface area (Å²) in [6, 6.07) is 6.31. The highest BCUT2D eigenvalue weighted by Gasteiger charge is 2.23. The SMILES string of the molecule is CCCc1cnc(N2CCC(Cc3nc4ccc(C5=CC(S(O)(O)C=CCC(C)(C)O)=NCC5)cc4s3)CC2)nc1. The molecule has 0 radical (unpaired) electrons. The molecule has 0 aliphatic carbocycles. The van der Waals surface area contributed by atoms with E-state index in [4.69, 9.17) is 4.98 Å². The molecular weight excluding hydrogens is 555 g/mol. The number of dihydropyridines is 1. The quantitative estimate of drug-likeness (QED) is 0.241. The van der Waals surface area contributed by atoms with Gasteiger partial charge in [-0.25, -0.2) is 15.0 Å². The van der Waals surface area contributed by atoms with Crippen LogP contribution in [0, 0.1) is 5.92 Å². The molecule has 2 aromatic heterocycles. The molecule has 220 valence electrons. The minimum absolute atomic E-state index is 0.296. The molecule has 3 N–H and O–H groups in total. The molecule has 8 nitrogen and oxygen atoms in total. The zero-order valence-corrected chi connectivity index (χ0v) is 25.8. The highest BCUT2D eigenvalue weighted by atomic mass is 32.3. The van der Waals surface area contributed by atoms with E-state index in [2.05, 4.69) is 45.0 Å². The van der Waals surface area contributed by atoms with E-state index < -0.39 is 16.2 Å². The Morgan fingerprint density at radius 1 is 1.15 bits per heavy atom. The lowest BCUT2D eigenvalue weighted by Crippen LogP contribution is -2.35. The normalized spacial score (nSPS) is 17.8. The lowest BCUT2D eigenvalue weighted by Gasteiger charge is -2.31. The van der Waals surface area contributed by atoms with Crippen LogP contribution in [0.2, 0.25) is 0 Å². The van der Waals surface area contributed by atoms with E-state index in [0.29, 0.717) is 23.9 Å². The Balaban J connectivity index is 1.21. The Kier molecular flexibility index (Phi) is 9.25. The van der Waals surface area contributed by atoms with Gasteiger partial charge in [0.2, 0.25) is 5.95 Å². The van der Waals surface area contributed by atoms with Crippen molar-refractivity contribution in [2.24, 2.45) is 10.9 Å². The number of fused-ring (bicyclic) bond motifs is 1. The molecule has 3 aromatic rings. The van der Waals surface area contributed by atoms with Crippen LogP contribution >= 0.6 is 21.9 Å². The number of thiazole rings is 1. The fraction of sp³-hybridized carbons (Fsp3) is 0.484. The van der Waals surface area contributed by atoms with Crippen LogP contribution in [0.5, 0.6) is 0 Å². The number of hydrogen-bond acceptors (Lipinski definition) is 9. The predicted octanol–water partition coefficient (Wildman–Crippen LogP) is 7.11. The molecule has 2 aliphatic heterocycles. The number of aryl methyl sites for hydroxylation is 1. The standard InChI is InChI=1S/C31H41N5O3S2/c1-4-6-23-20-33-30(34-21-23)36-14-10-22(11-15-36)17-28-35-26-8-7-24(18-27(26)40-28)25-9-13-32-29(19-25)41(38,39)16-5-12-31(2,3)37/h5,7-8,16,18-22,37-39H,4,6,9-15,17H2,1-3H3. The van der Waals surface area contributed by atoms with Crippen molar-refractivity contribution in [1.82, 2.24) is 15.0 Å². The molecule has 0 unspecified atom stereocenters. The van der Waals surface area contributed by atoms with Gasteiger partial charge in [0, 0.05) is 43.9 Å². The van der Waals surface area contributed by atoms with E-state index in [-0.39, 0.29) is 0 Å². The first-order valence-electron chi connectivity index (χ1n) is 14.5. The van der Waals surface area contributed by atoms with Crippen LogP contribution in [0.1, 0.15) is 69.0 Å². The molecular formula is C31H41N5O3S2. The van der Waals surface area contributed by atoms with E-state index in [1.165, 1.54) is 16.0 Å². The summed E-state index contributed by atoms with van der Waals surface area (Å²) in [6.07, 6.45) is 13.7. The number of rotatable bonds is 9. The topological polar surface area (TPSA) is 115 Å². The molecule has 4 heterocycles. The van der Waals surface area contributed by atoms with E-state index in [9.17, 15) is 14.2 Å². The van der Waals surface area contributed by atoms with Crippen LogP contribution in [0.15, 0.2) is 53.1 Å². The molecule has 5 rings (SSSR count). The fourth-order valence-corrected chi connectivity index (χ4v) is 7.50. The maximum absolute atomic E-state index is 10.7. The van der Waals surface area contributed by atoms with Gasteiger partial charge in [-0.3, -0.25) is 14.1 Å². The van der Waals surface area contributed by atoms with E-state index >= 15 is 0 Å². The summed E-state index contributed by atoms with van der Waals surface area (Å²) in [6.45, 7) is 7.99. The van der Waals surface area contributed by atoms with Crippen LogP contribution in [0.4, 0.5) is 5.95 Å². The minimum Gasteiger partial charge on any atom is -0.390 e. The molecule has 0 atom stereocenters. The van der Waals surface area contributed by atoms with Crippen molar-refractivity contribution in [1.29, 1.82) is 0 Å².